The number of hydrogen-bond donors (Lipinski definition) is 1. The number of aromatic nitrogens is 1. The average molecular weight is 394 g/mol. The summed E-state index contributed by atoms with van der Waals surface area (Å²) in [5.41, 5.74) is 7.03. The first-order chi connectivity index (χ1) is 11.8. The van der Waals surface area contributed by atoms with Crippen molar-refractivity contribution < 1.29 is 0 Å². The Balaban J connectivity index is 1.52. The van der Waals surface area contributed by atoms with Crippen LogP contribution in [-0.4, -0.2) is 10.7 Å². The van der Waals surface area contributed by atoms with Crippen molar-refractivity contribution in [3.05, 3.63) is 33.6 Å². The van der Waals surface area contributed by atoms with Gasteiger partial charge in [-0.3, -0.25) is 5.43 Å². The Morgan fingerprint density at radius 3 is 2.68 bits per heavy atom. The summed E-state index contributed by atoms with van der Waals surface area (Å²) in [5, 5.41) is 8.63. The summed E-state index contributed by atoms with van der Waals surface area (Å²) in [5.74, 6) is 0.583. The summed E-state index contributed by atoms with van der Waals surface area (Å²) in [4.78, 5) is 4.63. The number of fused-ring (bicyclic) bond motifs is 2. The number of nitrogens with one attached hydrogen (secondary N) is 1. The predicted molar refractivity (Wildman–Crippen MR) is 108 cm³/mol. The number of hydrogen-bond acceptors (Lipinski definition) is 4. The predicted octanol–water partition coefficient (Wildman–Crippen LogP) is 6.73. The lowest BCUT2D eigenvalue weighted by Crippen LogP contribution is -2.26. The van der Waals surface area contributed by atoms with Crippen LogP contribution in [0.25, 0.3) is 11.3 Å². The van der Waals surface area contributed by atoms with Crippen LogP contribution in [0.2, 0.25) is 10.0 Å². The summed E-state index contributed by atoms with van der Waals surface area (Å²) in [6, 6.07) is 5.57. The van der Waals surface area contributed by atoms with Gasteiger partial charge in [0, 0.05) is 22.6 Å². The first kappa shape index (κ1) is 17.3. The van der Waals surface area contributed by atoms with E-state index in [0.717, 1.165) is 22.8 Å². The van der Waals surface area contributed by atoms with Gasteiger partial charge in [-0.25, -0.2) is 4.98 Å². The van der Waals surface area contributed by atoms with Gasteiger partial charge in [-0.2, -0.15) is 5.10 Å². The van der Waals surface area contributed by atoms with Gasteiger partial charge in [0.1, 0.15) is 0 Å². The van der Waals surface area contributed by atoms with Crippen molar-refractivity contribution in [2.45, 2.75) is 40.0 Å². The number of thiazole rings is 1. The average Bonchev–Trinajstić information content (AvgIpc) is 3.17. The third-order valence-electron chi connectivity index (χ3n) is 6.40. The Morgan fingerprint density at radius 1 is 1.24 bits per heavy atom. The van der Waals surface area contributed by atoms with Crippen LogP contribution in [0.5, 0.6) is 0 Å². The van der Waals surface area contributed by atoms with Crippen molar-refractivity contribution in [1.29, 1.82) is 0 Å². The van der Waals surface area contributed by atoms with Gasteiger partial charge in [0.15, 0.2) is 0 Å². The van der Waals surface area contributed by atoms with Crippen LogP contribution in [0.3, 0.4) is 0 Å². The highest BCUT2D eigenvalue weighted by atomic mass is 35.5. The van der Waals surface area contributed by atoms with Gasteiger partial charge in [0.2, 0.25) is 5.13 Å². The summed E-state index contributed by atoms with van der Waals surface area (Å²) in [7, 11) is 0. The molecule has 1 heterocycles. The van der Waals surface area contributed by atoms with Gasteiger partial charge in [0.25, 0.3) is 0 Å². The molecule has 25 heavy (non-hydrogen) atoms. The molecule has 0 amide bonds. The zero-order valence-electron chi connectivity index (χ0n) is 14.6. The zero-order chi connectivity index (χ0) is 17.8. The van der Waals surface area contributed by atoms with E-state index in [0.29, 0.717) is 26.8 Å². The maximum absolute atomic E-state index is 6.10. The minimum absolute atomic E-state index is 0.335. The van der Waals surface area contributed by atoms with Crippen molar-refractivity contribution in [3.63, 3.8) is 0 Å². The Hall–Kier alpha value is -1.10. The second-order valence-electron chi connectivity index (χ2n) is 7.93. The highest BCUT2D eigenvalue weighted by molar-refractivity contribution is 7.14. The van der Waals surface area contributed by atoms with Crippen molar-refractivity contribution in [3.8, 4) is 11.3 Å². The van der Waals surface area contributed by atoms with Gasteiger partial charge in [-0.1, -0.05) is 50.0 Å². The van der Waals surface area contributed by atoms with Gasteiger partial charge in [0.05, 0.1) is 15.7 Å². The van der Waals surface area contributed by atoms with Crippen molar-refractivity contribution in [2.75, 3.05) is 5.43 Å². The molecule has 1 N–H and O–H groups in total. The Labute approximate surface area is 162 Å². The number of hydrazone groups is 1. The van der Waals surface area contributed by atoms with E-state index in [1.54, 1.807) is 17.4 Å². The summed E-state index contributed by atoms with van der Waals surface area (Å²) >= 11 is 13.6. The molecule has 2 bridgehead atoms. The molecule has 4 rings (SSSR count). The molecule has 0 spiro atoms. The molecule has 6 heteroatoms. The van der Waals surface area contributed by atoms with Crippen LogP contribution in [0.15, 0.2) is 28.7 Å². The highest BCUT2D eigenvalue weighted by Gasteiger charge is 2.59. The molecule has 2 atom stereocenters. The summed E-state index contributed by atoms with van der Waals surface area (Å²) in [6.45, 7) is 7.18. The first-order valence-corrected chi connectivity index (χ1v) is 10.2. The normalized spacial score (nSPS) is 28.7. The third-order valence-corrected chi connectivity index (χ3v) is 7.89. The largest absolute Gasteiger partial charge is 0.253 e. The van der Waals surface area contributed by atoms with Crippen LogP contribution in [0.1, 0.15) is 40.0 Å². The van der Waals surface area contributed by atoms with Gasteiger partial charge < -0.3 is 0 Å². The molecular weight excluding hydrogens is 373 g/mol. The Morgan fingerprint density at radius 2 is 2.04 bits per heavy atom. The number of anilines is 1. The molecule has 0 aliphatic heterocycles. The minimum atomic E-state index is 0.335. The lowest BCUT2D eigenvalue weighted by atomic mass is 9.71. The fraction of sp³-hybridized carbons (Fsp3) is 0.474. The molecule has 1 aromatic carbocycles. The van der Waals surface area contributed by atoms with E-state index in [4.69, 9.17) is 28.3 Å². The second-order valence-corrected chi connectivity index (χ2v) is 9.60. The van der Waals surface area contributed by atoms with E-state index >= 15 is 0 Å². The zero-order valence-corrected chi connectivity index (χ0v) is 16.9. The molecule has 2 saturated carbocycles. The SMILES string of the molecule is CC1(C)[C@H]2CC[C@]1(C)C/C2=N\Nc1nc(-c2ccc(Cl)c(Cl)c2)cs1. The third kappa shape index (κ3) is 2.79. The van der Waals surface area contributed by atoms with E-state index in [1.807, 2.05) is 17.5 Å². The summed E-state index contributed by atoms with van der Waals surface area (Å²) in [6.07, 6.45) is 3.64. The monoisotopic (exact) mass is 393 g/mol. The fourth-order valence-electron chi connectivity index (χ4n) is 4.34. The molecule has 132 valence electrons. The van der Waals surface area contributed by atoms with Crippen molar-refractivity contribution in [2.24, 2.45) is 21.8 Å². The molecule has 0 saturated heterocycles. The maximum atomic E-state index is 6.10. The molecule has 3 nitrogen and oxygen atoms in total. The first-order valence-electron chi connectivity index (χ1n) is 8.54. The van der Waals surface area contributed by atoms with Gasteiger partial charge in [-0.15, -0.1) is 11.3 Å². The van der Waals surface area contributed by atoms with E-state index in [-0.39, 0.29) is 0 Å². The van der Waals surface area contributed by atoms with Crippen LogP contribution < -0.4 is 5.43 Å². The van der Waals surface area contributed by atoms with Crippen LogP contribution >= 0.6 is 34.5 Å². The molecule has 2 aromatic rings. The minimum Gasteiger partial charge on any atom is -0.253 e. The lowest BCUT2D eigenvalue weighted by molar-refractivity contribution is 0.152. The molecule has 1 aromatic heterocycles. The van der Waals surface area contributed by atoms with Crippen molar-refractivity contribution in [1.82, 2.24) is 4.98 Å². The van der Waals surface area contributed by atoms with E-state index in [2.05, 4.69) is 31.2 Å². The Kier molecular flexibility index (Phi) is 4.13. The lowest BCUT2D eigenvalue weighted by Gasteiger charge is -2.33. The quantitative estimate of drug-likeness (QED) is 0.586. The molecule has 2 fully saturated rings. The van der Waals surface area contributed by atoms with Crippen LogP contribution in [0.4, 0.5) is 5.13 Å². The van der Waals surface area contributed by atoms with Crippen molar-refractivity contribution >= 4 is 45.4 Å². The number of rotatable bonds is 3. The Bertz CT molecular complexity index is 855. The standard InChI is InChI=1S/C19H21Cl2N3S/c1-18(2)12-6-7-19(18,3)9-15(12)23-24-17-22-16(10-25-17)11-4-5-13(20)14(21)8-11/h4-5,8,10,12H,6-7,9H2,1-3H3,(H,22,24)/b23-15+/t12-,19+/m0/s1. The smallest absolute Gasteiger partial charge is 0.203 e. The van der Waals surface area contributed by atoms with E-state index in [9.17, 15) is 0 Å². The number of nitrogens with zero attached hydrogens (tertiary/aromatic N) is 2. The molecule has 2 aliphatic carbocycles. The molecule has 0 unspecified atom stereocenters. The fourth-order valence-corrected chi connectivity index (χ4v) is 5.30. The number of halogens is 2. The molecule has 0 radical (unpaired) electrons. The van der Waals surface area contributed by atoms with Gasteiger partial charge in [-0.05, 0) is 42.2 Å². The van der Waals surface area contributed by atoms with E-state index < -0.39 is 0 Å². The highest BCUT2D eigenvalue weighted by Crippen LogP contribution is 2.64. The van der Waals surface area contributed by atoms with Crippen LogP contribution in [0, 0.1) is 16.7 Å². The maximum Gasteiger partial charge on any atom is 0.203 e. The van der Waals surface area contributed by atoms with Crippen LogP contribution in [-0.2, 0) is 0 Å². The van der Waals surface area contributed by atoms with E-state index in [1.165, 1.54) is 18.6 Å². The topological polar surface area (TPSA) is 37.3 Å². The number of benzene rings is 1. The summed E-state index contributed by atoms with van der Waals surface area (Å²) < 4.78 is 0. The molecule has 2 aliphatic rings. The van der Waals surface area contributed by atoms with Gasteiger partial charge >= 0.3 is 0 Å². The molecular formula is C19H21Cl2N3S. The second kappa shape index (κ2) is 5.97.